The van der Waals surface area contributed by atoms with Gasteiger partial charge in [-0.1, -0.05) is 6.92 Å². The summed E-state index contributed by atoms with van der Waals surface area (Å²) in [5.41, 5.74) is 0. The second-order valence-electron chi connectivity index (χ2n) is 2.22. The largest absolute Gasteiger partial charge is 0.481 e. The van der Waals surface area contributed by atoms with E-state index in [1.807, 2.05) is 0 Å². The molecule has 0 aliphatic rings. The Morgan fingerprint density at radius 3 is 2.40 bits per heavy atom. The molecule has 0 saturated carbocycles. The molecule has 0 aromatic heterocycles. The van der Waals surface area contributed by atoms with Crippen LogP contribution in [0.5, 0.6) is 0 Å². The Kier molecular flexibility index (Phi) is 4.02. The number of carboxylic acids is 1. The molecule has 60 valence electrons. The van der Waals surface area contributed by atoms with Crippen molar-refractivity contribution < 1.29 is 18.3 Å². The monoisotopic (exact) mass is 166 g/mol. The summed E-state index contributed by atoms with van der Waals surface area (Å²) >= 11 is 0. The molecule has 0 aliphatic carbocycles. The van der Waals surface area contributed by atoms with Crippen molar-refractivity contribution in [3.63, 3.8) is 0 Å². The molecule has 0 aromatic rings. The molecule has 0 heterocycles. The zero-order chi connectivity index (χ0) is 8.15. The fourth-order valence-corrected chi connectivity index (χ4v) is 1.26. The highest BCUT2D eigenvalue weighted by Crippen LogP contribution is 2.00. The first-order valence-corrected chi connectivity index (χ1v) is 4.22. The zero-order valence-corrected chi connectivity index (χ0v) is 6.51. The van der Waals surface area contributed by atoms with E-state index in [1.165, 1.54) is 0 Å². The Morgan fingerprint density at radius 2 is 2.10 bits per heavy atom. The van der Waals surface area contributed by atoms with Gasteiger partial charge in [0.2, 0.25) is 0 Å². The highest BCUT2D eigenvalue weighted by molar-refractivity contribution is 7.72. The molecule has 1 unspecified atom stereocenters. The van der Waals surface area contributed by atoms with Crippen LogP contribution < -0.4 is 0 Å². The molecule has 0 rings (SSSR count). The Hall–Kier alpha value is -0.580. The summed E-state index contributed by atoms with van der Waals surface area (Å²) in [6, 6.07) is 0. The summed E-state index contributed by atoms with van der Waals surface area (Å²) in [5.74, 6) is -1.27. The number of hydrogen-bond donors (Lipinski definition) is 2. The molecule has 0 amide bonds. The van der Waals surface area contributed by atoms with Crippen LogP contribution in [-0.4, -0.2) is 25.2 Å². The molecule has 0 fully saturated rings. The van der Waals surface area contributed by atoms with Crippen molar-refractivity contribution in [2.45, 2.75) is 13.3 Å². The molecule has 10 heavy (non-hydrogen) atoms. The van der Waals surface area contributed by atoms with Gasteiger partial charge >= 0.3 is 5.97 Å². The lowest BCUT2D eigenvalue weighted by Gasteiger charge is -2.00. The number of hydrogen-bond acceptors (Lipinski definition) is 3. The lowest BCUT2D eigenvalue weighted by atomic mass is 10.1. The second kappa shape index (κ2) is 4.27. The number of carboxylic acid groups (broad SMARTS) is 1. The summed E-state index contributed by atoms with van der Waals surface area (Å²) in [7, 11) is -2.43. The summed E-state index contributed by atoms with van der Waals surface area (Å²) in [4.78, 5) is 9.99. The molecule has 0 bridgehead atoms. The van der Waals surface area contributed by atoms with E-state index in [0.29, 0.717) is 0 Å². The molecular weight excluding hydrogens is 156 g/mol. The van der Waals surface area contributed by atoms with E-state index >= 15 is 0 Å². The summed E-state index contributed by atoms with van der Waals surface area (Å²) in [5, 5.41) is 8.20. The van der Waals surface area contributed by atoms with Gasteiger partial charge in [0.25, 0.3) is 0 Å². The third-order valence-electron chi connectivity index (χ3n) is 0.984. The van der Waals surface area contributed by atoms with Crippen LogP contribution >= 0.6 is 0 Å². The fraction of sp³-hybridized carbons (Fsp3) is 0.800. The van der Waals surface area contributed by atoms with Crippen molar-refractivity contribution in [1.82, 2.24) is 0 Å². The Morgan fingerprint density at radius 1 is 1.60 bits per heavy atom. The zero-order valence-electron chi connectivity index (χ0n) is 5.61. The smallest absolute Gasteiger partial charge is 0.303 e. The Bertz CT molecular complexity index is 176. The molecule has 5 heteroatoms. The normalized spacial score (nSPS) is 13.4. The van der Waals surface area contributed by atoms with Crippen LogP contribution in [0.25, 0.3) is 0 Å². The van der Waals surface area contributed by atoms with Crippen molar-refractivity contribution in [3.05, 3.63) is 0 Å². The van der Waals surface area contributed by atoms with E-state index in [4.69, 9.17) is 5.11 Å². The standard InChI is InChI=1S/C5H10O4S/c1-4(2-5(6)7)3-10(8)9/h4,10H,2-3H2,1H3,(H,6,7). The first-order chi connectivity index (χ1) is 4.52. The predicted molar refractivity (Wildman–Crippen MR) is 36.6 cm³/mol. The van der Waals surface area contributed by atoms with Gasteiger partial charge in [-0.15, -0.1) is 0 Å². The number of rotatable bonds is 4. The average molecular weight is 166 g/mol. The van der Waals surface area contributed by atoms with Gasteiger partial charge in [0.05, 0.1) is 5.75 Å². The van der Waals surface area contributed by atoms with Gasteiger partial charge in [-0.3, -0.25) is 4.79 Å². The quantitative estimate of drug-likeness (QED) is 0.563. The van der Waals surface area contributed by atoms with Crippen molar-refractivity contribution in [1.29, 1.82) is 0 Å². The SMILES string of the molecule is CC(CC(=O)O)C[SH](=O)=O. The van der Waals surface area contributed by atoms with E-state index in [9.17, 15) is 13.2 Å². The lowest BCUT2D eigenvalue weighted by molar-refractivity contribution is -0.137. The molecule has 0 radical (unpaired) electrons. The van der Waals surface area contributed by atoms with Crippen molar-refractivity contribution in [3.8, 4) is 0 Å². The van der Waals surface area contributed by atoms with E-state index in [2.05, 4.69) is 0 Å². The molecule has 1 N–H and O–H groups in total. The van der Waals surface area contributed by atoms with Gasteiger partial charge in [0, 0.05) is 6.42 Å². The van der Waals surface area contributed by atoms with E-state index in [0.717, 1.165) is 0 Å². The van der Waals surface area contributed by atoms with Gasteiger partial charge in [0.15, 0.2) is 0 Å². The van der Waals surface area contributed by atoms with Crippen LogP contribution in [0.15, 0.2) is 0 Å². The summed E-state index contributed by atoms with van der Waals surface area (Å²) in [6.45, 7) is 1.60. The molecule has 0 aromatic carbocycles. The summed E-state index contributed by atoms with van der Waals surface area (Å²) < 4.78 is 20.1. The van der Waals surface area contributed by atoms with E-state index in [-0.39, 0.29) is 18.1 Å². The van der Waals surface area contributed by atoms with Crippen LogP contribution in [-0.2, 0) is 15.5 Å². The molecule has 0 spiro atoms. The lowest BCUT2D eigenvalue weighted by Crippen LogP contribution is -2.08. The topological polar surface area (TPSA) is 71.4 Å². The minimum absolute atomic E-state index is 0.0400. The van der Waals surface area contributed by atoms with Crippen LogP contribution in [0.4, 0.5) is 0 Å². The van der Waals surface area contributed by atoms with Crippen molar-refractivity contribution in [2.24, 2.45) is 5.92 Å². The first-order valence-electron chi connectivity index (χ1n) is 2.86. The number of thiol groups is 1. The maximum Gasteiger partial charge on any atom is 0.303 e. The van der Waals surface area contributed by atoms with Gasteiger partial charge in [-0.25, -0.2) is 8.42 Å². The highest BCUT2D eigenvalue weighted by atomic mass is 32.2. The predicted octanol–water partition coefficient (Wildman–Crippen LogP) is -0.291. The first kappa shape index (κ1) is 9.42. The van der Waals surface area contributed by atoms with Gasteiger partial charge in [-0.2, -0.15) is 0 Å². The average Bonchev–Trinajstić information content (AvgIpc) is 1.58. The molecule has 0 saturated heterocycles. The van der Waals surface area contributed by atoms with Gasteiger partial charge in [-0.05, 0) is 5.92 Å². The Balaban J connectivity index is 3.63. The Labute approximate surface area is 60.8 Å². The maximum atomic E-state index is 10.0. The third-order valence-corrected chi connectivity index (χ3v) is 1.91. The fourth-order valence-electron chi connectivity index (χ4n) is 0.617. The highest BCUT2D eigenvalue weighted by Gasteiger charge is 2.07. The van der Waals surface area contributed by atoms with Crippen LogP contribution in [0.3, 0.4) is 0 Å². The van der Waals surface area contributed by atoms with E-state index < -0.39 is 16.7 Å². The number of aliphatic carboxylic acids is 1. The van der Waals surface area contributed by atoms with Crippen molar-refractivity contribution >= 4 is 16.7 Å². The second-order valence-corrected chi connectivity index (χ2v) is 3.25. The minimum Gasteiger partial charge on any atom is -0.481 e. The molecular formula is C5H10O4S. The van der Waals surface area contributed by atoms with Gasteiger partial charge in [0.1, 0.15) is 10.7 Å². The third kappa shape index (κ3) is 5.55. The van der Waals surface area contributed by atoms with Crippen molar-refractivity contribution in [2.75, 3.05) is 5.75 Å². The number of carbonyl (C=O) groups is 1. The van der Waals surface area contributed by atoms with Crippen LogP contribution in [0.1, 0.15) is 13.3 Å². The molecule has 0 aliphatic heterocycles. The minimum atomic E-state index is -2.43. The maximum absolute atomic E-state index is 10.0. The van der Waals surface area contributed by atoms with Crippen LogP contribution in [0.2, 0.25) is 0 Å². The summed E-state index contributed by atoms with van der Waals surface area (Å²) in [6.07, 6.45) is -0.0800. The van der Waals surface area contributed by atoms with E-state index in [1.54, 1.807) is 6.92 Å². The molecule has 4 nitrogen and oxygen atoms in total. The van der Waals surface area contributed by atoms with Crippen LogP contribution in [0, 0.1) is 5.92 Å². The van der Waals surface area contributed by atoms with Gasteiger partial charge < -0.3 is 5.11 Å². The molecule has 1 atom stereocenters.